The Labute approximate surface area is 203 Å². The van der Waals surface area contributed by atoms with Crippen LogP contribution in [0.5, 0.6) is 0 Å². The van der Waals surface area contributed by atoms with E-state index in [1.165, 1.54) is 13.8 Å². The van der Waals surface area contributed by atoms with Gasteiger partial charge in [-0.1, -0.05) is 11.3 Å². The fourth-order valence-corrected chi connectivity index (χ4v) is 4.56. The molecule has 15 heteroatoms. The van der Waals surface area contributed by atoms with E-state index in [2.05, 4.69) is 15.3 Å². The van der Waals surface area contributed by atoms with Crippen LogP contribution in [0.3, 0.4) is 0 Å². The number of fused-ring (bicyclic) bond motifs is 1. The molecule has 0 unspecified atom stereocenters. The maximum atomic E-state index is 13.2. The van der Waals surface area contributed by atoms with Crippen LogP contribution < -0.4 is 15.1 Å². The van der Waals surface area contributed by atoms with Crippen LogP contribution in [0, 0.1) is 0 Å². The lowest BCUT2D eigenvalue weighted by Gasteiger charge is -2.23. The Bertz CT molecular complexity index is 1220. The van der Waals surface area contributed by atoms with E-state index >= 15 is 0 Å². The molecule has 0 bridgehead atoms. The third kappa shape index (κ3) is 5.74. The highest BCUT2D eigenvalue weighted by molar-refractivity contribution is 7.17. The molecule has 3 heterocycles. The number of hydrogen-bond acceptors (Lipinski definition) is 13. The Balaban J connectivity index is 2.19. The second-order valence-electron chi connectivity index (χ2n) is 7.85. The molecule has 3 rings (SSSR count). The largest absolute Gasteiger partial charge is 0.463 e. The summed E-state index contributed by atoms with van der Waals surface area (Å²) in [5, 5.41) is 2.49. The third-order valence-electron chi connectivity index (χ3n) is 4.75. The van der Waals surface area contributed by atoms with Crippen molar-refractivity contribution in [3.05, 3.63) is 9.67 Å². The summed E-state index contributed by atoms with van der Waals surface area (Å²) in [5.74, 6) is -2.15. The van der Waals surface area contributed by atoms with Gasteiger partial charge >= 0.3 is 22.8 Å². The standard InChI is InChI=1S/C20H25N5O9S/c1-8(26)21-19-22-16(24(5)6)15-17(23-19)25(20(30)35-15)18-14(33-11(4)29)13(32-10(3)28)12(34-18)7-31-9(2)27/h12-14,18H,7H2,1-6H3,(H,21,22,23,26)/t12-,13-,14-,18-/m1/s1. The van der Waals surface area contributed by atoms with Crippen molar-refractivity contribution >= 4 is 57.3 Å². The van der Waals surface area contributed by atoms with E-state index in [-0.39, 0.29) is 18.2 Å². The molecular formula is C20H25N5O9S. The van der Waals surface area contributed by atoms with Gasteiger partial charge in [0.05, 0.1) is 0 Å². The van der Waals surface area contributed by atoms with Crippen molar-refractivity contribution < 1.29 is 38.1 Å². The smallest absolute Gasteiger partial charge is 0.311 e. The number of amides is 1. The van der Waals surface area contributed by atoms with Gasteiger partial charge in [-0.25, -0.2) is 0 Å². The van der Waals surface area contributed by atoms with E-state index in [0.29, 0.717) is 10.5 Å². The fourth-order valence-electron chi connectivity index (χ4n) is 3.55. The molecule has 0 radical (unpaired) electrons. The van der Waals surface area contributed by atoms with E-state index in [9.17, 15) is 24.0 Å². The molecule has 14 nitrogen and oxygen atoms in total. The highest BCUT2D eigenvalue weighted by atomic mass is 32.1. The molecule has 1 saturated heterocycles. The predicted octanol–water partition coefficient (Wildman–Crippen LogP) is 0.201. The van der Waals surface area contributed by atoms with Crippen LogP contribution in [0.25, 0.3) is 10.3 Å². The van der Waals surface area contributed by atoms with Gasteiger partial charge in [-0.05, 0) is 0 Å². The summed E-state index contributed by atoms with van der Waals surface area (Å²) in [4.78, 5) is 69.6. The number of thiazole rings is 1. The second-order valence-corrected chi connectivity index (χ2v) is 8.81. The number of nitrogens with zero attached hydrogens (tertiary/aromatic N) is 4. The van der Waals surface area contributed by atoms with Gasteiger partial charge in [-0.2, -0.15) is 9.97 Å². The van der Waals surface area contributed by atoms with Gasteiger partial charge in [0, 0.05) is 41.8 Å². The molecule has 0 aliphatic carbocycles. The molecule has 1 aliphatic heterocycles. The third-order valence-corrected chi connectivity index (χ3v) is 5.69. The average molecular weight is 512 g/mol. The molecule has 4 atom stereocenters. The minimum Gasteiger partial charge on any atom is -0.463 e. The number of esters is 3. The van der Waals surface area contributed by atoms with Crippen molar-refractivity contribution in [1.29, 1.82) is 0 Å². The minimum absolute atomic E-state index is 0.0599. The van der Waals surface area contributed by atoms with Crippen LogP contribution in [0.15, 0.2) is 4.79 Å². The highest BCUT2D eigenvalue weighted by Gasteiger charge is 2.51. The van der Waals surface area contributed by atoms with Crippen molar-refractivity contribution in [2.75, 3.05) is 30.9 Å². The van der Waals surface area contributed by atoms with E-state index < -0.39 is 53.2 Å². The molecular weight excluding hydrogens is 486 g/mol. The molecule has 35 heavy (non-hydrogen) atoms. The van der Waals surface area contributed by atoms with Crippen molar-refractivity contribution in [2.45, 2.75) is 52.2 Å². The molecule has 1 N–H and O–H groups in total. The molecule has 1 amide bonds. The van der Waals surface area contributed by atoms with Gasteiger partial charge in [0.1, 0.15) is 17.4 Å². The van der Waals surface area contributed by atoms with Gasteiger partial charge in [0.25, 0.3) is 0 Å². The number of nitrogens with one attached hydrogen (secondary N) is 1. The number of carbonyl (C=O) groups excluding carboxylic acids is 4. The Morgan fingerprint density at radius 1 is 1.03 bits per heavy atom. The first-order chi connectivity index (χ1) is 16.4. The molecule has 1 aliphatic rings. The van der Waals surface area contributed by atoms with Crippen LogP contribution in [-0.2, 0) is 38.1 Å². The fraction of sp³-hybridized carbons (Fsp3) is 0.550. The summed E-state index contributed by atoms with van der Waals surface area (Å²) >= 11 is 0.818. The monoisotopic (exact) mass is 511 g/mol. The first-order valence-corrected chi connectivity index (χ1v) is 11.2. The van der Waals surface area contributed by atoms with E-state index in [1.54, 1.807) is 19.0 Å². The van der Waals surface area contributed by atoms with Gasteiger partial charge in [0.2, 0.25) is 11.9 Å². The zero-order chi connectivity index (χ0) is 26.0. The molecule has 190 valence electrons. The van der Waals surface area contributed by atoms with E-state index in [1.807, 2.05) is 0 Å². The highest BCUT2D eigenvalue weighted by Crippen LogP contribution is 2.37. The first-order valence-electron chi connectivity index (χ1n) is 10.4. The maximum absolute atomic E-state index is 13.2. The zero-order valence-corrected chi connectivity index (χ0v) is 20.7. The molecule has 2 aromatic rings. The predicted molar refractivity (Wildman–Crippen MR) is 122 cm³/mol. The van der Waals surface area contributed by atoms with Gasteiger partial charge in [0.15, 0.2) is 29.9 Å². The number of rotatable bonds is 7. The summed E-state index contributed by atoms with van der Waals surface area (Å²) in [5.41, 5.74) is 0.0966. The lowest BCUT2D eigenvalue weighted by atomic mass is 10.1. The SMILES string of the molecule is CC(=O)Nc1nc(N(C)C)c2sc(=O)n([C@@H]3O[C@H](COC(C)=O)[C@@H](OC(C)=O)[C@H]3OC(C)=O)c2n1. The lowest BCUT2D eigenvalue weighted by Crippen LogP contribution is -2.41. The Morgan fingerprint density at radius 2 is 1.66 bits per heavy atom. The molecule has 1 fully saturated rings. The summed E-state index contributed by atoms with van der Waals surface area (Å²) < 4.78 is 23.3. The maximum Gasteiger partial charge on any atom is 0.311 e. The summed E-state index contributed by atoms with van der Waals surface area (Å²) in [7, 11) is 3.40. The average Bonchev–Trinajstić information content (AvgIpc) is 3.21. The van der Waals surface area contributed by atoms with Gasteiger partial charge in [-0.15, -0.1) is 0 Å². The van der Waals surface area contributed by atoms with Crippen LogP contribution in [0.2, 0.25) is 0 Å². The Kier molecular flexibility index (Phi) is 7.70. The molecule has 0 saturated carbocycles. The van der Waals surface area contributed by atoms with E-state index in [0.717, 1.165) is 29.8 Å². The number of anilines is 2. The van der Waals surface area contributed by atoms with Crippen LogP contribution in [0.4, 0.5) is 11.8 Å². The number of carbonyl (C=O) groups is 4. The zero-order valence-electron chi connectivity index (χ0n) is 19.9. The topological polar surface area (TPSA) is 168 Å². The van der Waals surface area contributed by atoms with Crippen LogP contribution in [-0.4, -0.2) is 77.4 Å². The number of aromatic nitrogens is 3. The quantitative estimate of drug-likeness (QED) is 0.396. The second kappa shape index (κ2) is 10.4. The molecule has 0 aromatic carbocycles. The van der Waals surface area contributed by atoms with Crippen molar-refractivity contribution in [3.8, 4) is 0 Å². The van der Waals surface area contributed by atoms with Crippen LogP contribution >= 0.6 is 11.3 Å². The summed E-state index contributed by atoms with van der Waals surface area (Å²) in [6, 6.07) is 0. The minimum atomic E-state index is -1.29. The molecule has 2 aromatic heterocycles. The molecule has 0 spiro atoms. The van der Waals surface area contributed by atoms with Crippen molar-refractivity contribution in [2.24, 2.45) is 0 Å². The Morgan fingerprint density at radius 3 is 2.20 bits per heavy atom. The first kappa shape index (κ1) is 26.0. The number of hydrogen-bond donors (Lipinski definition) is 1. The van der Waals surface area contributed by atoms with E-state index in [4.69, 9.17) is 18.9 Å². The van der Waals surface area contributed by atoms with Gasteiger partial charge < -0.3 is 23.8 Å². The lowest BCUT2D eigenvalue weighted by molar-refractivity contribution is -0.166. The van der Waals surface area contributed by atoms with Crippen LogP contribution in [0.1, 0.15) is 33.9 Å². The summed E-state index contributed by atoms with van der Waals surface area (Å²) in [6.07, 6.45) is -4.80. The van der Waals surface area contributed by atoms with Gasteiger partial charge in [-0.3, -0.25) is 33.9 Å². The van der Waals surface area contributed by atoms with Crippen molar-refractivity contribution in [3.63, 3.8) is 0 Å². The normalized spacial score (nSPS) is 21.4. The van der Waals surface area contributed by atoms with Crippen molar-refractivity contribution in [1.82, 2.24) is 14.5 Å². The summed E-state index contributed by atoms with van der Waals surface area (Å²) in [6.45, 7) is 4.45. The number of ether oxygens (including phenoxy) is 4. The Hall–Kier alpha value is -3.59.